The summed E-state index contributed by atoms with van der Waals surface area (Å²) in [7, 11) is 0. The van der Waals surface area contributed by atoms with E-state index in [1.807, 2.05) is 0 Å². The van der Waals surface area contributed by atoms with Crippen molar-refractivity contribution in [2.75, 3.05) is 19.6 Å². The number of halogens is 3. The molecule has 1 saturated carbocycles. The summed E-state index contributed by atoms with van der Waals surface area (Å²) >= 11 is 0. The Labute approximate surface area is 105 Å². The number of hydrogen-bond acceptors (Lipinski definition) is 3. The average Bonchev–Trinajstić information content (AvgIpc) is 2.98. The smallest absolute Gasteiger partial charge is 0.368 e. The van der Waals surface area contributed by atoms with E-state index in [-0.39, 0.29) is 12.6 Å². The van der Waals surface area contributed by atoms with Crippen molar-refractivity contribution in [2.45, 2.75) is 44.4 Å². The lowest BCUT2D eigenvalue weighted by Gasteiger charge is -2.27. The number of carbonyl (C=O) groups excluding carboxylic acids is 1. The van der Waals surface area contributed by atoms with E-state index in [2.05, 4.69) is 5.32 Å². The molecule has 1 amide bonds. The number of nitrogens with two attached hydrogens (primary N) is 1. The fourth-order valence-corrected chi connectivity index (χ4v) is 1.82. The van der Waals surface area contributed by atoms with Crippen LogP contribution in [-0.2, 0) is 4.79 Å². The van der Waals surface area contributed by atoms with Crippen LogP contribution in [0.25, 0.3) is 0 Å². The van der Waals surface area contributed by atoms with E-state index in [0.717, 1.165) is 12.8 Å². The topological polar surface area (TPSA) is 58.4 Å². The molecule has 0 heterocycles. The SMILES string of the molecule is CCCN(CC(NC1CC1)C(N)=O)CC(F)(F)F. The van der Waals surface area contributed by atoms with Crippen LogP contribution >= 0.6 is 0 Å². The summed E-state index contributed by atoms with van der Waals surface area (Å²) in [4.78, 5) is 12.4. The largest absolute Gasteiger partial charge is 0.401 e. The monoisotopic (exact) mass is 267 g/mol. The summed E-state index contributed by atoms with van der Waals surface area (Å²) in [6.45, 7) is 1.11. The van der Waals surface area contributed by atoms with Crippen LogP contribution in [0.15, 0.2) is 0 Å². The second-order valence-electron chi connectivity index (χ2n) is 4.75. The van der Waals surface area contributed by atoms with Crippen LogP contribution in [0.1, 0.15) is 26.2 Å². The van der Waals surface area contributed by atoms with Crippen LogP contribution < -0.4 is 11.1 Å². The number of rotatable bonds is 8. The highest BCUT2D eigenvalue weighted by molar-refractivity contribution is 5.80. The lowest BCUT2D eigenvalue weighted by molar-refractivity contribution is -0.148. The Morgan fingerprint density at radius 2 is 2.11 bits per heavy atom. The van der Waals surface area contributed by atoms with Crippen molar-refractivity contribution in [3.05, 3.63) is 0 Å². The molecule has 0 saturated heterocycles. The predicted octanol–water partition coefficient (Wildman–Crippen LogP) is 0.867. The summed E-state index contributed by atoms with van der Waals surface area (Å²) in [6, 6.07) is -0.469. The van der Waals surface area contributed by atoms with Crippen LogP contribution in [-0.4, -0.2) is 48.7 Å². The average molecular weight is 267 g/mol. The first-order chi connectivity index (χ1) is 8.31. The van der Waals surface area contributed by atoms with E-state index < -0.39 is 24.7 Å². The number of alkyl halides is 3. The first kappa shape index (κ1) is 15.2. The molecule has 4 nitrogen and oxygen atoms in total. The second-order valence-corrected chi connectivity index (χ2v) is 4.75. The van der Waals surface area contributed by atoms with Gasteiger partial charge in [-0.2, -0.15) is 13.2 Å². The van der Waals surface area contributed by atoms with Gasteiger partial charge in [-0.25, -0.2) is 0 Å². The van der Waals surface area contributed by atoms with Gasteiger partial charge in [0, 0.05) is 12.6 Å². The molecule has 7 heteroatoms. The molecule has 1 fully saturated rings. The normalized spacial score (nSPS) is 18.1. The van der Waals surface area contributed by atoms with Crippen molar-refractivity contribution in [1.82, 2.24) is 10.2 Å². The molecule has 1 atom stereocenters. The van der Waals surface area contributed by atoms with E-state index in [1.54, 1.807) is 6.92 Å². The number of nitrogens with zero attached hydrogens (tertiary/aromatic N) is 1. The Morgan fingerprint density at radius 1 is 1.50 bits per heavy atom. The molecule has 0 spiro atoms. The Balaban J connectivity index is 2.51. The first-order valence-corrected chi connectivity index (χ1v) is 6.16. The van der Waals surface area contributed by atoms with Crippen LogP contribution in [0.5, 0.6) is 0 Å². The first-order valence-electron chi connectivity index (χ1n) is 6.16. The van der Waals surface area contributed by atoms with Crippen LogP contribution in [0.3, 0.4) is 0 Å². The minimum Gasteiger partial charge on any atom is -0.368 e. The Bertz CT molecular complexity index is 279. The quantitative estimate of drug-likeness (QED) is 0.686. The molecule has 0 aromatic rings. The summed E-state index contributed by atoms with van der Waals surface area (Å²) in [5.41, 5.74) is 5.21. The van der Waals surface area contributed by atoms with Crippen LogP contribution in [0.4, 0.5) is 13.2 Å². The van der Waals surface area contributed by atoms with Crippen molar-refractivity contribution in [3.63, 3.8) is 0 Å². The minimum absolute atomic E-state index is 0.0131. The van der Waals surface area contributed by atoms with E-state index in [4.69, 9.17) is 5.73 Å². The third-order valence-electron chi connectivity index (χ3n) is 2.74. The Kier molecular flexibility index (Phi) is 5.40. The lowest BCUT2D eigenvalue weighted by Crippen LogP contribution is -2.51. The maximum absolute atomic E-state index is 12.4. The molecule has 1 aliphatic rings. The van der Waals surface area contributed by atoms with Crippen molar-refractivity contribution >= 4 is 5.91 Å². The standard InChI is InChI=1S/C11H20F3N3O/c1-2-5-17(7-11(12,13)14)6-9(10(15)18)16-8-3-4-8/h8-9,16H,2-7H2,1H3,(H2,15,18). The molecule has 0 bridgehead atoms. The van der Waals surface area contributed by atoms with E-state index in [9.17, 15) is 18.0 Å². The molecule has 0 radical (unpaired) electrons. The fraction of sp³-hybridized carbons (Fsp3) is 0.909. The van der Waals surface area contributed by atoms with Gasteiger partial charge in [0.25, 0.3) is 0 Å². The van der Waals surface area contributed by atoms with Crippen LogP contribution in [0.2, 0.25) is 0 Å². The summed E-state index contributed by atoms with van der Waals surface area (Å²) in [5, 5.41) is 2.98. The highest BCUT2D eigenvalue weighted by Gasteiger charge is 2.33. The van der Waals surface area contributed by atoms with Gasteiger partial charge < -0.3 is 11.1 Å². The van der Waals surface area contributed by atoms with Crippen LogP contribution in [0, 0.1) is 0 Å². The summed E-state index contributed by atoms with van der Waals surface area (Å²) < 4.78 is 37.1. The van der Waals surface area contributed by atoms with Gasteiger partial charge in [0.2, 0.25) is 5.91 Å². The van der Waals surface area contributed by atoms with E-state index in [0.29, 0.717) is 13.0 Å². The van der Waals surface area contributed by atoms with Gasteiger partial charge in [-0.05, 0) is 25.8 Å². The molecule has 1 rings (SSSR count). The maximum atomic E-state index is 12.4. The van der Waals surface area contributed by atoms with Gasteiger partial charge in [-0.15, -0.1) is 0 Å². The zero-order valence-electron chi connectivity index (χ0n) is 10.5. The van der Waals surface area contributed by atoms with Gasteiger partial charge in [0.1, 0.15) is 0 Å². The Hall–Kier alpha value is -0.820. The number of hydrogen-bond donors (Lipinski definition) is 2. The van der Waals surface area contributed by atoms with E-state index in [1.165, 1.54) is 4.90 Å². The third kappa shape index (κ3) is 6.20. The van der Waals surface area contributed by atoms with Crippen molar-refractivity contribution in [3.8, 4) is 0 Å². The molecule has 18 heavy (non-hydrogen) atoms. The van der Waals surface area contributed by atoms with Gasteiger partial charge in [-0.3, -0.25) is 9.69 Å². The highest BCUT2D eigenvalue weighted by Crippen LogP contribution is 2.20. The molecule has 0 aliphatic heterocycles. The fourth-order valence-electron chi connectivity index (χ4n) is 1.82. The predicted molar refractivity (Wildman–Crippen MR) is 61.9 cm³/mol. The molecule has 1 aliphatic carbocycles. The highest BCUT2D eigenvalue weighted by atomic mass is 19.4. The van der Waals surface area contributed by atoms with Gasteiger partial charge in [0.15, 0.2) is 0 Å². The molecular formula is C11H20F3N3O. The molecule has 106 valence electrons. The Morgan fingerprint density at radius 3 is 2.50 bits per heavy atom. The summed E-state index contributed by atoms with van der Waals surface area (Å²) in [5.74, 6) is -0.592. The molecular weight excluding hydrogens is 247 g/mol. The maximum Gasteiger partial charge on any atom is 0.401 e. The zero-order chi connectivity index (χ0) is 13.8. The summed E-state index contributed by atoms with van der Waals surface area (Å²) in [6.07, 6.45) is -1.74. The number of nitrogens with one attached hydrogen (secondary N) is 1. The molecule has 3 N–H and O–H groups in total. The minimum atomic E-state index is -4.25. The number of primary amides is 1. The molecule has 0 aromatic heterocycles. The second kappa shape index (κ2) is 6.38. The third-order valence-corrected chi connectivity index (χ3v) is 2.74. The van der Waals surface area contributed by atoms with Gasteiger partial charge >= 0.3 is 6.18 Å². The molecule has 1 unspecified atom stereocenters. The number of amides is 1. The van der Waals surface area contributed by atoms with Gasteiger partial charge in [-0.1, -0.05) is 6.92 Å². The zero-order valence-corrected chi connectivity index (χ0v) is 10.5. The molecule has 0 aromatic carbocycles. The van der Waals surface area contributed by atoms with Crippen molar-refractivity contribution in [1.29, 1.82) is 0 Å². The van der Waals surface area contributed by atoms with Gasteiger partial charge in [0.05, 0.1) is 12.6 Å². The van der Waals surface area contributed by atoms with Crippen molar-refractivity contribution < 1.29 is 18.0 Å². The van der Waals surface area contributed by atoms with E-state index >= 15 is 0 Å². The van der Waals surface area contributed by atoms with Crippen molar-refractivity contribution in [2.24, 2.45) is 5.73 Å². The number of carbonyl (C=O) groups is 1. The lowest BCUT2D eigenvalue weighted by atomic mass is 10.2.